The van der Waals surface area contributed by atoms with Crippen molar-refractivity contribution in [2.24, 2.45) is 10.7 Å². The van der Waals surface area contributed by atoms with Crippen LogP contribution < -0.4 is 5.73 Å². The fourth-order valence-electron chi connectivity index (χ4n) is 1.33. The van der Waals surface area contributed by atoms with E-state index in [0.717, 1.165) is 0 Å². The first-order chi connectivity index (χ1) is 6.63. The zero-order valence-corrected chi connectivity index (χ0v) is 7.60. The predicted molar refractivity (Wildman–Crippen MR) is 49.3 cm³/mol. The molecule has 72 valence electrons. The Morgan fingerprint density at radius 2 is 2.07 bits per heavy atom. The molecule has 0 saturated carbocycles. The summed E-state index contributed by atoms with van der Waals surface area (Å²) in [6.45, 7) is 1.63. The van der Waals surface area contributed by atoms with Gasteiger partial charge < -0.3 is 10.5 Å². The molecule has 0 aliphatic carbocycles. The Bertz CT molecular complexity index is 402. The molecule has 0 bridgehead atoms. The molecule has 2 heterocycles. The summed E-state index contributed by atoms with van der Waals surface area (Å²) in [5, 5.41) is 0. The van der Waals surface area contributed by atoms with Crippen LogP contribution in [0.2, 0.25) is 0 Å². The Kier molecular flexibility index (Phi) is 1.73. The SMILES string of the molecule is CC1(c2ccncc2)OC(N)=NC1=O. The molecule has 0 radical (unpaired) electrons. The van der Waals surface area contributed by atoms with Crippen LogP contribution in [0.5, 0.6) is 0 Å². The first kappa shape index (κ1) is 8.68. The second-order valence-corrected chi connectivity index (χ2v) is 3.13. The van der Waals surface area contributed by atoms with Gasteiger partial charge in [-0.05, 0) is 19.1 Å². The standard InChI is InChI=1S/C9H9N3O2/c1-9(6-2-4-11-5-3-6)7(13)12-8(10)14-9/h2-5H,1H3,(H2,10,12,13). The number of hydrogen-bond acceptors (Lipinski definition) is 4. The molecule has 0 fully saturated rings. The van der Waals surface area contributed by atoms with Crippen LogP contribution in [0.4, 0.5) is 0 Å². The van der Waals surface area contributed by atoms with Crippen molar-refractivity contribution in [2.45, 2.75) is 12.5 Å². The zero-order chi connectivity index (χ0) is 10.2. The molecule has 5 nitrogen and oxygen atoms in total. The van der Waals surface area contributed by atoms with E-state index in [0.29, 0.717) is 5.56 Å². The van der Waals surface area contributed by atoms with Gasteiger partial charge in [-0.2, -0.15) is 4.99 Å². The molecule has 2 rings (SSSR count). The van der Waals surface area contributed by atoms with Crippen molar-refractivity contribution in [1.82, 2.24) is 4.98 Å². The summed E-state index contributed by atoms with van der Waals surface area (Å²) in [7, 11) is 0. The summed E-state index contributed by atoms with van der Waals surface area (Å²) in [5.41, 5.74) is 4.94. The maximum absolute atomic E-state index is 11.5. The fourth-order valence-corrected chi connectivity index (χ4v) is 1.33. The van der Waals surface area contributed by atoms with Crippen LogP contribution >= 0.6 is 0 Å². The van der Waals surface area contributed by atoms with Gasteiger partial charge in [0.2, 0.25) is 5.60 Å². The first-order valence-electron chi connectivity index (χ1n) is 4.11. The van der Waals surface area contributed by atoms with E-state index >= 15 is 0 Å². The van der Waals surface area contributed by atoms with Crippen molar-refractivity contribution in [2.75, 3.05) is 0 Å². The van der Waals surface area contributed by atoms with Crippen molar-refractivity contribution in [3.05, 3.63) is 30.1 Å². The van der Waals surface area contributed by atoms with Crippen LogP contribution in [0.15, 0.2) is 29.5 Å². The highest BCUT2D eigenvalue weighted by Crippen LogP contribution is 2.29. The van der Waals surface area contributed by atoms with E-state index in [9.17, 15) is 4.79 Å². The highest BCUT2D eigenvalue weighted by molar-refractivity contribution is 6.01. The number of amides is 1. The Morgan fingerprint density at radius 1 is 1.43 bits per heavy atom. The van der Waals surface area contributed by atoms with Gasteiger partial charge in [0, 0.05) is 18.0 Å². The lowest BCUT2D eigenvalue weighted by molar-refractivity contribution is -0.130. The van der Waals surface area contributed by atoms with Gasteiger partial charge in [-0.1, -0.05) is 0 Å². The minimum Gasteiger partial charge on any atom is -0.444 e. The summed E-state index contributed by atoms with van der Waals surface area (Å²) in [6, 6.07) is 3.31. The van der Waals surface area contributed by atoms with E-state index in [1.54, 1.807) is 31.5 Å². The lowest BCUT2D eigenvalue weighted by atomic mass is 9.97. The van der Waals surface area contributed by atoms with Crippen molar-refractivity contribution >= 4 is 11.9 Å². The molecule has 1 atom stereocenters. The molecule has 1 unspecified atom stereocenters. The van der Waals surface area contributed by atoms with Crippen molar-refractivity contribution < 1.29 is 9.53 Å². The second-order valence-electron chi connectivity index (χ2n) is 3.13. The van der Waals surface area contributed by atoms with Gasteiger partial charge in [-0.3, -0.25) is 9.78 Å². The number of rotatable bonds is 1. The minimum atomic E-state index is -1.09. The summed E-state index contributed by atoms with van der Waals surface area (Å²) < 4.78 is 5.20. The molecule has 5 heteroatoms. The molecule has 2 N–H and O–H groups in total. The van der Waals surface area contributed by atoms with Gasteiger partial charge >= 0.3 is 0 Å². The summed E-state index contributed by atoms with van der Waals surface area (Å²) in [5.74, 6) is -0.388. The van der Waals surface area contributed by atoms with E-state index in [-0.39, 0.29) is 11.9 Å². The Morgan fingerprint density at radius 3 is 2.57 bits per heavy atom. The molecular weight excluding hydrogens is 182 g/mol. The molecule has 1 aliphatic heterocycles. The second kappa shape index (κ2) is 2.80. The molecule has 1 amide bonds. The van der Waals surface area contributed by atoms with Crippen molar-refractivity contribution in [1.29, 1.82) is 0 Å². The molecule has 0 aromatic carbocycles. The van der Waals surface area contributed by atoms with Crippen LogP contribution in [0.25, 0.3) is 0 Å². The van der Waals surface area contributed by atoms with Gasteiger partial charge in [-0.25, -0.2) is 0 Å². The van der Waals surface area contributed by atoms with Crippen LogP contribution in [0.1, 0.15) is 12.5 Å². The third kappa shape index (κ3) is 1.14. The molecule has 0 spiro atoms. The van der Waals surface area contributed by atoms with Crippen LogP contribution in [-0.4, -0.2) is 16.9 Å². The molecular formula is C9H9N3O2. The number of amidine groups is 1. The van der Waals surface area contributed by atoms with Gasteiger partial charge in [0.25, 0.3) is 11.9 Å². The third-order valence-corrected chi connectivity index (χ3v) is 2.16. The average Bonchev–Trinajstić information content (AvgIpc) is 2.43. The number of carbonyl (C=O) groups is 1. The quantitative estimate of drug-likeness (QED) is 0.686. The van der Waals surface area contributed by atoms with E-state index in [1.165, 1.54) is 0 Å². The molecule has 1 aromatic rings. The zero-order valence-electron chi connectivity index (χ0n) is 7.60. The fraction of sp³-hybridized carbons (Fsp3) is 0.222. The Hall–Kier alpha value is -1.91. The number of aliphatic imine (C=N–C) groups is 1. The molecule has 0 saturated heterocycles. The Labute approximate surface area is 80.6 Å². The van der Waals surface area contributed by atoms with Gasteiger partial charge in [0.05, 0.1) is 0 Å². The topological polar surface area (TPSA) is 77.6 Å². The number of ether oxygens (including phenoxy) is 1. The van der Waals surface area contributed by atoms with E-state index in [4.69, 9.17) is 10.5 Å². The van der Waals surface area contributed by atoms with Crippen molar-refractivity contribution in [3.8, 4) is 0 Å². The van der Waals surface area contributed by atoms with Gasteiger partial charge in [-0.15, -0.1) is 0 Å². The lowest BCUT2D eigenvalue weighted by Crippen LogP contribution is -2.31. The van der Waals surface area contributed by atoms with Crippen LogP contribution in [-0.2, 0) is 15.1 Å². The smallest absolute Gasteiger partial charge is 0.298 e. The largest absolute Gasteiger partial charge is 0.444 e. The first-order valence-corrected chi connectivity index (χ1v) is 4.11. The normalized spacial score (nSPS) is 25.8. The number of nitrogens with zero attached hydrogens (tertiary/aromatic N) is 2. The van der Waals surface area contributed by atoms with Crippen molar-refractivity contribution in [3.63, 3.8) is 0 Å². The summed E-state index contributed by atoms with van der Waals surface area (Å²) in [6.07, 6.45) is 3.18. The lowest BCUT2D eigenvalue weighted by Gasteiger charge is -2.20. The number of carbonyl (C=O) groups excluding carboxylic acids is 1. The monoisotopic (exact) mass is 191 g/mol. The minimum absolute atomic E-state index is 0.0886. The summed E-state index contributed by atoms with van der Waals surface area (Å²) in [4.78, 5) is 18.9. The number of hydrogen-bond donors (Lipinski definition) is 1. The molecule has 1 aromatic heterocycles. The number of nitrogens with two attached hydrogens (primary N) is 1. The maximum atomic E-state index is 11.5. The Balaban J connectivity index is 2.41. The van der Waals surface area contributed by atoms with Crippen LogP contribution in [0.3, 0.4) is 0 Å². The van der Waals surface area contributed by atoms with Gasteiger partial charge in [0.15, 0.2) is 0 Å². The van der Waals surface area contributed by atoms with E-state index < -0.39 is 5.60 Å². The van der Waals surface area contributed by atoms with E-state index in [2.05, 4.69) is 9.98 Å². The third-order valence-electron chi connectivity index (χ3n) is 2.16. The highest BCUT2D eigenvalue weighted by atomic mass is 16.5. The number of aromatic nitrogens is 1. The predicted octanol–water partition coefficient (Wildman–Crippen LogP) is 0.168. The highest BCUT2D eigenvalue weighted by Gasteiger charge is 2.43. The maximum Gasteiger partial charge on any atom is 0.298 e. The van der Waals surface area contributed by atoms with Crippen LogP contribution in [0, 0.1) is 0 Å². The summed E-state index contributed by atoms with van der Waals surface area (Å²) >= 11 is 0. The van der Waals surface area contributed by atoms with E-state index in [1.807, 2.05) is 0 Å². The van der Waals surface area contributed by atoms with Gasteiger partial charge in [0.1, 0.15) is 0 Å². The molecule has 14 heavy (non-hydrogen) atoms. The number of pyridine rings is 1. The molecule has 1 aliphatic rings. The average molecular weight is 191 g/mol.